The summed E-state index contributed by atoms with van der Waals surface area (Å²) in [5.74, 6) is -3.80. The number of hydrogen-bond donors (Lipinski definition) is 2. The predicted octanol–water partition coefficient (Wildman–Crippen LogP) is 6.53. The van der Waals surface area contributed by atoms with Crippen molar-refractivity contribution in [3.05, 3.63) is 12.7 Å². The van der Waals surface area contributed by atoms with Gasteiger partial charge in [0.1, 0.15) is 12.4 Å². The first kappa shape index (κ1) is 45.7. The fraction of sp³-hybridized carbons (Fsp3) is 0.794. The van der Waals surface area contributed by atoms with Crippen LogP contribution >= 0.6 is 0 Å². The number of esters is 3. The molecule has 0 aromatic rings. The van der Waals surface area contributed by atoms with E-state index in [4.69, 9.17) is 25.1 Å². The van der Waals surface area contributed by atoms with E-state index in [2.05, 4.69) is 48.1 Å². The molecule has 0 aromatic carbocycles. The molecule has 258 valence electrons. The lowest BCUT2D eigenvalue weighted by Crippen LogP contribution is -2.30. The number of rotatable bonds is 19. The molecule has 0 amide bonds. The smallest absolute Gasteiger partial charge is 0.309 e. The van der Waals surface area contributed by atoms with Crippen molar-refractivity contribution < 1.29 is 43.3 Å². The zero-order chi connectivity index (χ0) is 33.8. The third kappa shape index (κ3) is 28.0. The molecule has 0 aliphatic heterocycles. The van der Waals surface area contributed by atoms with Crippen molar-refractivity contribution >= 4 is 29.7 Å². The third-order valence-electron chi connectivity index (χ3n) is 6.37. The van der Waals surface area contributed by atoms with Crippen LogP contribution in [-0.2, 0) is 38.2 Å². The van der Waals surface area contributed by atoms with E-state index in [1.54, 1.807) is 13.8 Å². The molecule has 0 aliphatic carbocycles. The monoisotopic (exact) mass is 629 g/mol. The molecular formula is C34H63NO9. The van der Waals surface area contributed by atoms with Crippen LogP contribution in [0.4, 0.5) is 0 Å². The van der Waals surface area contributed by atoms with E-state index in [0.29, 0.717) is 19.6 Å². The van der Waals surface area contributed by atoms with Crippen molar-refractivity contribution in [3.63, 3.8) is 0 Å². The summed E-state index contributed by atoms with van der Waals surface area (Å²) in [6.45, 7) is 22.2. The number of carboxylic acid groups (broad SMARTS) is 1. The van der Waals surface area contributed by atoms with Gasteiger partial charge in [-0.05, 0) is 42.9 Å². The minimum atomic E-state index is -0.999. The molecule has 0 aliphatic rings. The summed E-state index contributed by atoms with van der Waals surface area (Å²) in [4.78, 5) is 57.3. The van der Waals surface area contributed by atoms with E-state index in [0.717, 1.165) is 25.7 Å². The van der Waals surface area contributed by atoms with Gasteiger partial charge < -0.3 is 25.1 Å². The lowest BCUT2D eigenvalue weighted by Gasteiger charge is -2.19. The van der Waals surface area contributed by atoms with Gasteiger partial charge in [0.25, 0.3) is 0 Å². The number of carbonyl (C=O) groups is 5. The fourth-order valence-corrected chi connectivity index (χ4v) is 3.83. The Morgan fingerprint density at radius 2 is 1.18 bits per heavy atom. The van der Waals surface area contributed by atoms with Crippen LogP contribution in [0.5, 0.6) is 0 Å². The zero-order valence-corrected chi connectivity index (χ0v) is 28.2. The fourth-order valence-electron chi connectivity index (χ4n) is 3.83. The van der Waals surface area contributed by atoms with Crippen LogP contribution in [0.15, 0.2) is 12.7 Å². The van der Waals surface area contributed by atoms with E-state index in [1.165, 1.54) is 13.0 Å². The summed E-state index contributed by atoms with van der Waals surface area (Å²) in [6, 6.07) is -0.408. The van der Waals surface area contributed by atoms with Crippen molar-refractivity contribution in [2.75, 3.05) is 19.8 Å². The van der Waals surface area contributed by atoms with Crippen LogP contribution in [0.25, 0.3) is 0 Å². The van der Waals surface area contributed by atoms with Crippen molar-refractivity contribution in [2.24, 2.45) is 34.3 Å². The number of Topliss-reactive ketones (excluding diaryl/α,β-unsaturated/α-hetero) is 1. The van der Waals surface area contributed by atoms with Gasteiger partial charge in [-0.1, -0.05) is 82.4 Å². The Bertz CT molecular complexity index is 871. The molecule has 0 fully saturated rings. The summed E-state index contributed by atoms with van der Waals surface area (Å²) in [5.41, 5.74) is 6.31. The van der Waals surface area contributed by atoms with Gasteiger partial charge >= 0.3 is 23.9 Å². The van der Waals surface area contributed by atoms with E-state index < -0.39 is 23.8 Å². The first-order valence-electron chi connectivity index (χ1n) is 15.3. The molecule has 3 N–H and O–H groups in total. The summed E-state index contributed by atoms with van der Waals surface area (Å²) >= 11 is 0. The summed E-state index contributed by atoms with van der Waals surface area (Å²) < 4.78 is 15.3. The molecule has 0 bridgehead atoms. The topological polar surface area (TPSA) is 159 Å². The molecule has 0 spiro atoms. The average Bonchev–Trinajstić information content (AvgIpc) is 2.86. The van der Waals surface area contributed by atoms with Crippen LogP contribution in [-0.4, -0.2) is 60.6 Å². The molecule has 10 heteroatoms. The Labute approximate surface area is 266 Å². The third-order valence-corrected chi connectivity index (χ3v) is 6.37. The summed E-state index contributed by atoms with van der Waals surface area (Å²) in [7, 11) is 0. The van der Waals surface area contributed by atoms with Gasteiger partial charge in [-0.25, -0.2) is 0 Å². The number of carboxylic acids is 1. The van der Waals surface area contributed by atoms with Crippen LogP contribution in [0.2, 0.25) is 0 Å². The first-order chi connectivity index (χ1) is 19.7. The Hall–Kier alpha value is -2.75. The molecular weight excluding hydrogens is 566 g/mol. The predicted molar refractivity (Wildman–Crippen MR) is 174 cm³/mol. The molecule has 0 heterocycles. The molecule has 4 atom stereocenters. The van der Waals surface area contributed by atoms with Crippen LogP contribution in [0.1, 0.15) is 121 Å². The van der Waals surface area contributed by atoms with Crippen molar-refractivity contribution in [1.29, 1.82) is 0 Å². The number of ether oxygens (including phenoxy) is 3. The summed E-state index contributed by atoms with van der Waals surface area (Å²) in [6.07, 6.45) is 5.60. The molecule has 0 rings (SSSR count). The second-order valence-electron chi connectivity index (χ2n) is 13.8. The minimum Gasteiger partial charge on any atom is -0.481 e. The largest absolute Gasteiger partial charge is 0.481 e. The van der Waals surface area contributed by atoms with E-state index in [1.807, 2.05) is 0 Å². The first-order valence-corrected chi connectivity index (χ1v) is 15.3. The van der Waals surface area contributed by atoms with Crippen molar-refractivity contribution in [3.8, 4) is 0 Å². The Morgan fingerprint density at radius 3 is 1.59 bits per heavy atom. The Kier molecular flexibility index (Phi) is 24.5. The van der Waals surface area contributed by atoms with Crippen LogP contribution in [0.3, 0.4) is 0 Å². The second kappa shape index (κ2) is 23.6. The molecule has 44 heavy (non-hydrogen) atoms. The van der Waals surface area contributed by atoms with Gasteiger partial charge in [0.2, 0.25) is 0 Å². The number of hydrogen-bond acceptors (Lipinski definition) is 9. The molecule has 0 saturated heterocycles. The highest BCUT2D eigenvalue weighted by atomic mass is 16.5. The minimum absolute atomic E-state index is 0. The maximum Gasteiger partial charge on any atom is 0.309 e. The van der Waals surface area contributed by atoms with Gasteiger partial charge in [0.15, 0.2) is 0 Å². The van der Waals surface area contributed by atoms with Gasteiger partial charge in [0, 0.05) is 18.9 Å². The number of carbonyl (C=O) groups excluding carboxylic acids is 4. The van der Waals surface area contributed by atoms with Gasteiger partial charge in [0.05, 0.1) is 37.4 Å². The number of nitrogens with two attached hydrogens (primary N) is 1. The summed E-state index contributed by atoms with van der Waals surface area (Å²) in [5, 5.41) is 8.74. The Balaban J connectivity index is -0.000000748. The second-order valence-corrected chi connectivity index (χ2v) is 13.8. The highest BCUT2D eigenvalue weighted by Crippen LogP contribution is 2.21. The standard InChI is InChI=1S/C17H31NO4.C16H28O5.CH4/c1-6-9-21-15(19)12-14(18)11-13(2)16(20)22-10-7-8-17(3,4)5;1-11(14(18)19)9-13(17)10-12(2)15(20)21-8-6-7-16(3,4)5;/h6,13-14H,1,7-12,18H2,2-5H3;11-12H,6-10H2,1-5H3,(H,18,19);1H4. The number of aliphatic carboxylic acids is 1. The zero-order valence-electron chi connectivity index (χ0n) is 28.2. The van der Waals surface area contributed by atoms with Gasteiger partial charge in [-0.15, -0.1) is 0 Å². The van der Waals surface area contributed by atoms with Gasteiger partial charge in [-0.2, -0.15) is 0 Å². The maximum atomic E-state index is 11.9. The number of ketones is 1. The van der Waals surface area contributed by atoms with Crippen LogP contribution < -0.4 is 5.73 Å². The molecule has 10 nitrogen and oxygen atoms in total. The molecule has 0 saturated carbocycles. The van der Waals surface area contributed by atoms with Crippen LogP contribution in [0, 0.1) is 28.6 Å². The lowest BCUT2D eigenvalue weighted by atomic mass is 9.91. The normalized spacial score (nSPS) is 13.9. The molecule has 0 aromatic heterocycles. The maximum absolute atomic E-state index is 11.9. The highest BCUT2D eigenvalue weighted by Gasteiger charge is 2.23. The van der Waals surface area contributed by atoms with Crippen molar-refractivity contribution in [2.45, 2.75) is 127 Å². The Morgan fingerprint density at radius 1 is 0.750 bits per heavy atom. The quantitative estimate of drug-likeness (QED) is 0.0696. The lowest BCUT2D eigenvalue weighted by molar-refractivity contribution is -0.150. The molecule has 4 unspecified atom stereocenters. The average molecular weight is 630 g/mol. The van der Waals surface area contributed by atoms with E-state index >= 15 is 0 Å². The highest BCUT2D eigenvalue weighted by molar-refractivity contribution is 5.87. The SMILES string of the molecule is C.C=CCOC(=O)CC(N)CC(C)C(=O)OCCCC(C)(C)C.CC(CC(=O)CC(C)C(=O)OCCCC(C)(C)C)C(=O)O. The van der Waals surface area contributed by atoms with E-state index in [9.17, 15) is 24.0 Å². The van der Waals surface area contributed by atoms with Gasteiger partial charge in [-0.3, -0.25) is 24.0 Å². The van der Waals surface area contributed by atoms with Crippen molar-refractivity contribution in [1.82, 2.24) is 0 Å². The molecule has 0 radical (unpaired) electrons. The van der Waals surface area contributed by atoms with E-state index in [-0.39, 0.29) is 73.7 Å².